The number of piperazine rings is 1. The standard InChI is InChI=1S/C23H27N9O/c1-16-12-21(29-28-16)25-20-14-22(32-10-8-31(2)9-11-32)27-23(26-20)24-15-18-13-19(30-33-18)17-6-4-3-5-7-17/h3-7,12-14H,8-11,15H2,1-2H3,(H3,24,25,26,27,28,29). The SMILES string of the molecule is Cc1cc(Nc2cc(N3CCN(C)CC3)nc(NCc3cc(-c4ccccc4)no3)n2)[nH]n1. The number of likely N-dealkylation sites (N-methyl/N-ethyl adjacent to an activating group) is 1. The van der Waals surface area contributed by atoms with Gasteiger partial charge < -0.3 is 25.0 Å². The first-order valence-corrected chi connectivity index (χ1v) is 11.0. The van der Waals surface area contributed by atoms with Gasteiger partial charge in [-0.05, 0) is 14.0 Å². The Balaban J connectivity index is 1.34. The molecule has 1 aliphatic rings. The van der Waals surface area contributed by atoms with Crippen molar-refractivity contribution in [2.75, 3.05) is 48.8 Å². The maximum absolute atomic E-state index is 5.51. The quantitative estimate of drug-likeness (QED) is 0.395. The molecule has 0 aliphatic carbocycles. The minimum absolute atomic E-state index is 0.425. The van der Waals surface area contributed by atoms with E-state index in [0.717, 1.165) is 54.8 Å². The summed E-state index contributed by atoms with van der Waals surface area (Å²) in [7, 11) is 2.14. The number of aromatic amines is 1. The Bertz CT molecular complexity index is 1200. The lowest BCUT2D eigenvalue weighted by atomic mass is 10.1. The molecule has 3 N–H and O–H groups in total. The Morgan fingerprint density at radius 1 is 1.03 bits per heavy atom. The van der Waals surface area contributed by atoms with Gasteiger partial charge in [0.2, 0.25) is 5.95 Å². The second-order valence-electron chi connectivity index (χ2n) is 8.17. The summed E-state index contributed by atoms with van der Waals surface area (Å²) < 4.78 is 5.51. The third kappa shape index (κ3) is 5.12. The van der Waals surface area contributed by atoms with Gasteiger partial charge in [-0.15, -0.1) is 0 Å². The molecule has 0 bridgehead atoms. The van der Waals surface area contributed by atoms with E-state index in [-0.39, 0.29) is 0 Å². The molecule has 4 heterocycles. The Hall–Kier alpha value is -3.92. The molecular weight excluding hydrogens is 418 g/mol. The van der Waals surface area contributed by atoms with Crippen LogP contribution in [0, 0.1) is 6.92 Å². The molecule has 3 aromatic heterocycles. The largest absolute Gasteiger partial charge is 0.359 e. The predicted octanol–water partition coefficient (Wildman–Crippen LogP) is 3.27. The second kappa shape index (κ2) is 9.29. The van der Waals surface area contributed by atoms with Crippen LogP contribution in [0.25, 0.3) is 11.3 Å². The molecule has 0 radical (unpaired) electrons. The number of benzene rings is 1. The molecule has 1 aromatic carbocycles. The topological polar surface area (TPSA) is 111 Å². The monoisotopic (exact) mass is 445 g/mol. The van der Waals surface area contributed by atoms with Gasteiger partial charge in [0, 0.05) is 49.9 Å². The molecule has 33 heavy (non-hydrogen) atoms. The van der Waals surface area contributed by atoms with E-state index in [1.165, 1.54) is 0 Å². The predicted molar refractivity (Wildman–Crippen MR) is 128 cm³/mol. The van der Waals surface area contributed by atoms with Crippen molar-refractivity contribution in [3.05, 3.63) is 60.0 Å². The van der Waals surface area contributed by atoms with Crippen LogP contribution < -0.4 is 15.5 Å². The van der Waals surface area contributed by atoms with Crippen molar-refractivity contribution in [3.8, 4) is 11.3 Å². The van der Waals surface area contributed by atoms with Gasteiger partial charge in [0.05, 0.1) is 12.2 Å². The number of rotatable bonds is 7. The van der Waals surface area contributed by atoms with Gasteiger partial charge >= 0.3 is 0 Å². The van der Waals surface area contributed by atoms with Crippen molar-refractivity contribution >= 4 is 23.4 Å². The summed E-state index contributed by atoms with van der Waals surface area (Å²) >= 11 is 0. The van der Waals surface area contributed by atoms with Crippen LogP contribution in [0.4, 0.5) is 23.4 Å². The highest BCUT2D eigenvalue weighted by atomic mass is 16.5. The van der Waals surface area contributed by atoms with Crippen LogP contribution in [0.15, 0.2) is 53.1 Å². The zero-order valence-electron chi connectivity index (χ0n) is 18.7. The van der Waals surface area contributed by atoms with Crippen molar-refractivity contribution in [3.63, 3.8) is 0 Å². The van der Waals surface area contributed by atoms with Crippen molar-refractivity contribution in [1.29, 1.82) is 0 Å². The molecule has 0 saturated carbocycles. The number of aryl methyl sites for hydroxylation is 1. The van der Waals surface area contributed by atoms with Crippen LogP contribution in [-0.4, -0.2) is 63.4 Å². The van der Waals surface area contributed by atoms with Crippen molar-refractivity contribution in [2.45, 2.75) is 13.5 Å². The van der Waals surface area contributed by atoms with Crippen molar-refractivity contribution in [1.82, 2.24) is 30.2 Å². The van der Waals surface area contributed by atoms with Gasteiger partial charge in [-0.3, -0.25) is 5.10 Å². The van der Waals surface area contributed by atoms with E-state index in [0.29, 0.717) is 24.1 Å². The van der Waals surface area contributed by atoms with E-state index in [9.17, 15) is 0 Å². The third-order valence-electron chi connectivity index (χ3n) is 5.56. The third-order valence-corrected chi connectivity index (χ3v) is 5.56. The fourth-order valence-electron chi connectivity index (χ4n) is 3.71. The lowest BCUT2D eigenvalue weighted by Crippen LogP contribution is -2.44. The van der Waals surface area contributed by atoms with Crippen LogP contribution in [0.5, 0.6) is 0 Å². The first-order chi connectivity index (χ1) is 16.1. The maximum atomic E-state index is 5.51. The number of hydrogen-bond donors (Lipinski definition) is 3. The van der Waals surface area contributed by atoms with Crippen molar-refractivity contribution in [2.24, 2.45) is 0 Å². The molecule has 10 nitrogen and oxygen atoms in total. The van der Waals surface area contributed by atoms with Gasteiger partial charge in [-0.1, -0.05) is 35.5 Å². The summed E-state index contributed by atoms with van der Waals surface area (Å²) in [5.41, 5.74) is 2.72. The maximum Gasteiger partial charge on any atom is 0.227 e. The van der Waals surface area contributed by atoms with E-state index in [2.05, 4.69) is 47.8 Å². The highest BCUT2D eigenvalue weighted by Gasteiger charge is 2.18. The highest BCUT2D eigenvalue weighted by Crippen LogP contribution is 2.23. The number of anilines is 4. The lowest BCUT2D eigenvalue weighted by Gasteiger charge is -2.33. The molecule has 5 rings (SSSR count). The molecule has 0 amide bonds. The summed E-state index contributed by atoms with van der Waals surface area (Å²) in [6, 6.07) is 15.8. The summed E-state index contributed by atoms with van der Waals surface area (Å²) in [5, 5.41) is 17.9. The highest BCUT2D eigenvalue weighted by molar-refractivity contribution is 5.60. The normalized spacial score (nSPS) is 14.4. The van der Waals surface area contributed by atoms with Crippen molar-refractivity contribution < 1.29 is 4.52 Å². The number of H-pyrrole nitrogens is 1. The Kier molecular flexibility index (Phi) is 5.90. The van der Waals surface area contributed by atoms with E-state index in [1.807, 2.05) is 55.5 Å². The van der Waals surface area contributed by atoms with Gasteiger partial charge in [0.25, 0.3) is 0 Å². The van der Waals surface area contributed by atoms with Crippen LogP contribution in [-0.2, 0) is 6.54 Å². The number of hydrogen-bond acceptors (Lipinski definition) is 9. The smallest absolute Gasteiger partial charge is 0.227 e. The van der Waals surface area contributed by atoms with Crippen LogP contribution >= 0.6 is 0 Å². The molecule has 1 fully saturated rings. The lowest BCUT2D eigenvalue weighted by molar-refractivity contribution is 0.312. The first kappa shape index (κ1) is 21.0. The zero-order valence-corrected chi connectivity index (χ0v) is 18.7. The average Bonchev–Trinajstić information content (AvgIpc) is 3.47. The first-order valence-electron chi connectivity index (χ1n) is 11.0. The Morgan fingerprint density at radius 2 is 1.85 bits per heavy atom. The zero-order chi connectivity index (χ0) is 22.6. The minimum Gasteiger partial charge on any atom is -0.359 e. The molecular formula is C23H27N9O. The summed E-state index contributed by atoms with van der Waals surface area (Å²) in [6.45, 7) is 6.18. The van der Waals surface area contributed by atoms with E-state index >= 15 is 0 Å². The second-order valence-corrected chi connectivity index (χ2v) is 8.17. The van der Waals surface area contributed by atoms with Gasteiger partial charge in [-0.25, -0.2) is 0 Å². The summed E-state index contributed by atoms with van der Waals surface area (Å²) in [5.74, 6) is 3.57. The number of nitrogens with zero attached hydrogens (tertiary/aromatic N) is 6. The molecule has 0 unspecified atom stereocenters. The Labute approximate surface area is 192 Å². The minimum atomic E-state index is 0.425. The summed E-state index contributed by atoms with van der Waals surface area (Å²) in [6.07, 6.45) is 0. The molecule has 10 heteroatoms. The molecule has 1 saturated heterocycles. The average molecular weight is 446 g/mol. The van der Waals surface area contributed by atoms with Gasteiger partial charge in [-0.2, -0.15) is 15.1 Å². The fraction of sp³-hybridized carbons (Fsp3) is 0.304. The van der Waals surface area contributed by atoms with Crippen LogP contribution in [0.1, 0.15) is 11.5 Å². The van der Waals surface area contributed by atoms with E-state index in [4.69, 9.17) is 9.51 Å². The van der Waals surface area contributed by atoms with E-state index < -0.39 is 0 Å². The molecule has 1 aliphatic heterocycles. The van der Waals surface area contributed by atoms with Gasteiger partial charge in [0.15, 0.2) is 5.76 Å². The fourth-order valence-corrected chi connectivity index (χ4v) is 3.71. The van der Waals surface area contributed by atoms with E-state index in [1.54, 1.807) is 0 Å². The molecule has 0 spiro atoms. The summed E-state index contributed by atoms with van der Waals surface area (Å²) in [4.78, 5) is 14.0. The molecule has 170 valence electrons. The number of nitrogens with one attached hydrogen (secondary N) is 3. The molecule has 0 atom stereocenters. The molecule has 4 aromatic rings. The Morgan fingerprint density at radius 3 is 2.61 bits per heavy atom. The van der Waals surface area contributed by atoms with Crippen LogP contribution in [0.3, 0.4) is 0 Å². The van der Waals surface area contributed by atoms with Gasteiger partial charge in [0.1, 0.15) is 23.1 Å². The van der Waals surface area contributed by atoms with Crippen LogP contribution in [0.2, 0.25) is 0 Å². The number of aromatic nitrogens is 5.